The van der Waals surface area contributed by atoms with Crippen LogP contribution < -0.4 is 5.73 Å². The van der Waals surface area contributed by atoms with E-state index in [0.717, 1.165) is 5.56 Å². The summed E-state index contributed by atoms with van der Waals surface area (Å²) in [5.41, 5.74) is 7.10. The van der Waals surface area contributed by atoms with Crippen LogP contribution in [0.5, 0.6) is 0 Å². The van der Waals surface area contributed by atoms with Crippen LogP contribution in [-0.4, -0.2) is 48.2 Å². The second kappa shape index (κ2) is 6.41. The number of ether oxygens (including phenoxy) is 1. The molecule has 112 valence electrons. The van der Waals surface area contributed by atoms with Gasteiger partial charge in [0, 0.05) is 18.8 Å². The lowest BCUT2D eigenvalue weighted by Gasteiger charge is -2.25. The van der Waals surface area contributed by atoms with Gasteiger partial charge in [0.05, 0.1) is 19.3 Å². The fourth-order valence-electron chi connectivity index (χ4n) is 2.27. The van der Waals surface area contributed by atoms with Crippen LogP contribution in [0.4, 0.5) is 5.69 Å². The number of nitrogens with two attached hydrogens (primary N) is 1. The maximum absolute atomic E-state index is 12.1. The topological polar surface area (TPSA) is 92.9 Å². The van der Waals surface area contributed by atoms with Crippen LogP contribution in [0, 0.1) is 5.92 Å². The first-order valence-corrected chi connectivity index (χ1v) is 6.60. The van der Waals surface area contributed by atoms with Crippen LogP contribution in [0.3, 0.4) is 0 Å². The monoisotopic (exact) mass is 290 g/mol. The van der Waals surface area contributed by atoms with E-state index in [1.165, 1.54) is 11.0 Å². The molecule has 1 aromatic rings. The molecule has 2 rings (SSSR count). The lowest BCUT2D eigenvalue weighted by molar-refractivity contribution is -0.143. The van der Waals surface area contributed by atoms with Crippen LogP contribution >= 0.6 is 0 Å². The van der Waals surface area contributed by atoms with Crippen molar-refractivity contribution in [2.24, 2.45) is 5.92 Å². The standard InChI is InChI=1S/C15H18N2O4/c1-17(13-9-21-8-12(13)15(19)20)14(18)6-5-10-3-2-4-11(16)7-10/h2-7,12-13H,8-9,16H2,1H3,(H,19,20)/b6-5+. The molecule has 1 amide bonds. The second-order valence-corrected chi connectivity index (χ2v) is 5.00. The fraction of sp³-hybridized carbons (Fsp3) is 0.333. The number of hydrogen-bond donors (Lipinski definition) is 2. The van der Waals surface area contributed by atoms with E-state index >= 15 is 0 Å². The van der Waals surface area contributed by atoms with Crippen molar-refractivity contribution in [3.8, 4) is 0 Å². The average Bonchev–Trinajstić information content (AvgIpc) is 2.93. The van der Waals surface area contributed by atoms with Crippen molar-refractivity contribution in [2.45, 2.75) is 6.04 Å². The summed E-state index contributed by atoms with van der Waals surface area (Å²) in [6.45, 7) is 0.377. The summed E-state index contributed by atoms with van der Waals surface area (Å²) < 4.78 is 5.17. The summed E-state index contributed by atoms with van der Waals surface area (Å²) in [4.78, 5) is 24.6. The molecule has 2 unspecified atom stereocenters. The Morgan fingerprint density at radius 1 is 1.43 bits per heavy atom. The van der Waals surface area contributed by atoms with Crippen LogP contribution in [0.2, 0.25) is 0 Å². The molecule has 0 bridgehead atoms. The van der Waals surface area contributed by atoms with Crippen molar-refractivity contribution >= 4 is 23.6 Å². The number of nitrogens with zero attached hydrogens (tertiary/aromatic N) is 1. The Balaban J connectivity index is 2.04. The summed E-state index contributed by atoms with van der Waals surface area (Å²) in [7, 11) is 1.58. The Labute approximate surface area is 122 Å². The lowest BCUT2D eigenvalue weighted by atomic mass is 10.0. The van der Waals surface area contributed by atoms with E-state index in [0.29, 0.717) is 5.69 Å². The number of likely N-dealkylation sites (N-methyl/N-ethyl adjacent to an activating group) is 1. The maximum atomic E-state index is 12.1. The van der Waals surface area contributed by atoms with Gasteiger partial charge in [-0.1, -0.05) is 12.1 Å². The summed E-state index contributed by atoms with van der Waals surface area (Å²) in [6, 6.07) is 6.70. The van der Waals surface area contributed by atoms with Crippen LogP contribution in [0.15, 0.2) is 30.3 Å². The van der Waals surface area contributed by atoms with E-state index in [1.54, 1.807) is 31.3 Å². The molecule has 6 heteroatoms. The zero-order valence-electron chi connectivity index (χ0n) is 11.7. The van der Waals surface area contributed by atoms with E-state index in [1.807, 2.05) is 6.07 Å². The lowest BCUT2D eigenvalue weighted by Crippen LogP contribution is -2.43. The highest BCUT2D eigenvalue weighted by molar-refractivity contribution is 5.92. The third-order valence-electron chi connectivity index (χ3n) is 3.54. The maximum Gasteiger partial charge on any atom is 0.311 e. The first-order chi connectivity index (χ1) is 9.99. The van der Waals surface area contributed by atoms with Gasteiger partial charge < -0.3 is 20.5 Å². The largest absolute Gasteiger partial charge is 0.481 e. The number of carboxylic acids is 1. The number of amides is 1. The molecular weight excluding hydrogens is 272 g/mol. The molecular formula is C15H18N2O4. The first kappa shape index (κ1) is 15.1. The fourth-order valence-corrected chi connectivity index (χ4v) is 2.27. The Morgan fingerprint density at radius 3 is 2.86 bits per heavy atom. The molecule has 0 spiro atoms. The summed E-state index contributed by atoms with van der Waals surface area (Å²) >= 11 is 0. The van der Waals surface area contributed by atoms with E-state index in [4.69, 9.17) is 15.6 Å². The number of benzene rings is 1. The van der Waals surface area contributed by atoms with Crippen molar-refractivity contribution in [1.82, 2.24) is 4.90 Å². The predicted molar refractivity (Wildman–Crippen MR) is 78.4 cm³/mol. The zero-order valence-corrected chi connectivity index (χ0v) is 11.7. The number of carbonyl (C=O) groups is 2. The number of nitrogen functional groups attached to an aromatic ring is 1. The van der Waals surface area contributed by atoms with Crippen molar-refractivity contribution in [1.29, 1.82) is 0 Å². The zero-order chi connectivity index (χ0) is 15.4. The van der Waals surface area contributed by atoms with Crippen molar-refractivity contribution in [3.05, 3.63) is 35.9 Å². The highest BCUT2D eigenvalue weighted by atomic mass is 16.5. The Bertz CT molecular complexity index is 571. The van der Waals surface area contributed by atoms with Gasteiger partial charge in [-0.05, 0) is 23.8 Å². The Morgan fingerprint density at radius 2 is 2.19 bits per heavy atom. The minimum Gasteiger partial charge on any atom is -0.481 e. The molecule has 1 saturated heterocycles. The number of aliphatic carboxylic acids is 1. The summed E-state index contributed by atoms with van der Waals surface area (Å²) in [5.74, 6) is -1.89. The smallest absolute Gasteiger partial charge is 0.311 e. The molecule has 2 atom stereocenters. The van der Waals surface area contributed by atoms with Gasteiger partial charge in [0.15, 0.2) is 0 Å². The highest BCUT2D eigenvalue weighted by Crippen LogP contribution is 2.19. The average molecular weight is 290 g/mol. The summed E-state index contributed by atoms with van der Waals surface area (Å²) in [6.07, 6.45) is 3.06. The van der Waals surface area contributed by atoms with Gasteiger partial charge >= 0.3 is 5.97 Å². The minimum atomic E-state index is -0.947. The van der Waals surface area contributed by atoms with Crippen LogP contribution in [0.25, 0.3) is 6.08 Å². The SMILES string of the molecule is CN(C(=O)/C=C/c1cccc(N)c1)C1COCC1C(=O)O. The predicted octanol–water partition coefficient (Wildman–Crippen LogP) is 0.840. The molecule has 3 N–H and O–H groups in total. The van der Waals surface area contributed by atoms with Crippen LogP contribution in [-0.2, 0) is 14.3 Å². The first-order valence-electron chi connectivity index (χ1n) is 6.60. The van der Waals surface area contributed by atoms with Gasteiger partial charge in [-0.3, -0.25) is 9.59 Å². The van der Waals surface area contributed by atoms with E-state index in [9.17, 15) is 9.59 Å². The molecule has 1 aliphatic rings. The van der Waals surface area contributed by atoms with E-state index < -0.39 is 17.9 Å². The van der Waals surface area contributed by atoms with Gasteiger partial charge in [-0.25, -0.2) is 0 Å². The molecule has 21 heavy (non-hydrogen) atoms. The molecule has 1 aromatic carbocycles. The molecule has 0 aliphatic carbocycles. The van der Waals surface area contributed by atoms with E-state index in [2.05, 4.69) is 0 Å². The highest BCUT2D eigenvalue weighted by Gasteiger charge is 2.37. The molecule has 1 aliphatic heterocycles. The van der Waals surface area contributed by atoms with Crippen molar-refractivity contribution in [3.63, 3.8) is 0 Å². The number of hydrogen-bond acceptors (Lipinski definition) is 4. The van der Waals surface area contributed by atoms with Crippen molar-refractivity contribution < 1.29 is 19.4 Å². The van der Waals surface area contributed by atoms with Gasteiger partial charge in [-0.15, -0.1) is 0 Å². The van der Waals surface area contributed by atoms with Crippen LogP contribution in [0.1, 0.15) is 5.56 Å². The number of carbonyl (C=O) groups excluding carboxylic acids is 1. The van der Waals surface area contributed by atoms with Gasteiger partial charge in [-0.2, -0.15) is 0 Å². The number of rotatable bonds is 4. The molecule has 0 aromatic heterocycles. The Hall–Kier alpha value is -2.34. The second-order valence-electron chi connectivity index (χ2n) is 5.00. The number of carboxylic acid groups (broad SMARTS) is 1. The third kappa shape index (κ3) is 3.61. The van der Waals surface area contributed by atoms with Crippen molar-refractivity contribution in [2.75, 3.05) is 26.0 Å². The Kier molecular flexibility index (Phi) is 4.59. The summed E-state index contributed by atoms with van der Waals surface area (Å²) in [5, 5.41) is 9.10. The molecule has 1 fully saturated rings. The third-order valence-corrected chi connectivity index (χ3v) is 3.54. The molecule has 1 heterocycles. The van der Waals surface area contributed by atoms with Gasteiger partial charge in [0.25, 0.3) is 0 Å². The number of anilines is 1. The van der Waals surface area contributed by atoms with Gasteiger partial charge in [0.1, 0.15) is 5.92 Å². The van der Waals surface area contributed by atoms with E-state index in [-0.39, 0.29) is 19.1 Å². The molecule has 0 saturated carbocycles. The molecule has 0 radical (unpaired) electrons. The minimum absolute atomic E-state index is 0.135. The molecule has 6 nitrogen and oxygen atoms in total. The van der Waals surface area contributed by atoms with Gasteiger partial charge in [0.2, 0.25) is 5.91 Å². The normalized spacial score (nSPS) is 21.6. The quantitative estimate of drug-likeness (QED) is 0.633.